The molecule has 0 heterocycles. The quantitative estimate of drug-likeness (QED) is 0.804. The van der Waals surface area contributed by atoms with E-state index in [-0.39, 0.29) is 17.4 Å². The molecule has 0 unspecified atom stereocenters. The lowest BCUT2D eigenvalue weighted by Crippen LogP contribution is -2.31. The number of ether oxygens (including phenoxy) is 1. The number of carbonyl (C=O) groups is 1. The molecule has 0 saturated heterocycles. The van der Waals surface area contributed by atoms with Gasteiger partial charge in [0.1, 0.15) is 6.61 Å². The second-order valence-electron chi connectivity index (χ2n) is 7.52. The first-order valence-electron chi connectivity index (χ1n) is 7.57. The zero-order valence-corrected chi connectivity index (χ0v) is 14.4. The molecule has 3 nitrogen and oxygen atoms in total. The van der Waals surface area contributed by atoms with Gasteiger partial charge >= 0.3 is 5.97 Å². The van der Waals surface area contributed by atoms with Gasteiger partial charge in [0.05, 0.1) is 5.41 Å². The Balaban J connectivity index is 2.59. The van der Waals surface area contributed by atoms with Crippen LogP contribution >= 0.6 is 0 Å². The van der Waals surface area contributed by atoms with Gasteiger partial charge in [-0.25, -0.2) is 0 Å². The second-order valence-corrected chi connectivity index (χ2v) is 7.52. The van der Waals surface area contributed by atoms with Crippen molar-refractivity contribution >= 4 is 11.7 Å². The zero-order valence-electron chi connectivity index (χ0n) is 14.4. The van der Waals surface area contributed by atoms with Crippen LogP contribution in [0.3, 0.4) is 0 Å². The molecule has 0 atom stereocenters. The van der Waals surface area contributed by atoms with Gasteiger partial charge in [-0.05, 0) is 58.2 Å². The molecule has 0 aliphatic heterocycles. The van der Waals surface area contributed by atoms with Gasteiger partial charge in [0.15, 0.2) is 0 Å². The highest BCUT2D eigenvalue weighted by Gasteiger charge is 2.32. The molecule has 1 N–H and O–H groups in total. The van der Waals surface area contributed by atoms with Crippen LogP contribution in [0.15, 0.2) is 24.3 Å². The van der Waals surface area contributed by atoms with Crippen molar-refractivity contribution < 1.29 is 9.53 Å². The number of rotatable bonds is 5. The van der Waals surface area contributed by atoms with Gasteiger partial charge in [-0.1, -0.05) is 26.0 Å². The van der Waals surface area contributed by atoms with Gasteiger partial charge in [0, 0.05) is 11.2 Å². The number of anilines is 1. The molecule has 0 spiro atoms. The third kappa shape index (κ3) is 5.41. The SMILES string of the molecule is CC(C)C(C)(C)C(=O)OCc1ccc(NC(C)(C)C)cc1. The summed E-state index contributed by atoms with van der Waals surface area (Å²) in [5.74, 6) is 0.109. The molecular formula is C18H29NO2. The minimum Gasteiger partial charge on any atom is -0.460 e. The van der Waals surface area contributed by atoms with Crippen molar-refractivity contribution in [1.29, 1.82) is 0 Å². The molecule has 1 rings (SSSR count). The molecular weight excluding hydrogens is 262 g/mol. The molecule has 0 aliphatic carbocycles. The Morgan fingerprint density at radius 2 is 1.62 bits per heavy atom. The summed E-state index contributed by atoms with van der Waals surface area (Å²) >= 11 is 0. The third-order valence-electron chi connectivity index (χ3n) is 3.81. The molecule has 1 aromatic rings. The van der Waals surface area contributed by atoms with Crippen molar-refractivity contribution in [2.75, 3.05) is 5.32 Å². The molecule has 21 heavy (non-hydrogen) atoms. The van der Waals surface area contributed by atoms with E-state index in [1.165, 1.54) is 0 Å². The van der Waals surface area contributed by atoms with Gasteiger partial charge in [0.25, 0.3) is 0 Å². The highest BCUT2D eigenvalue weighted by atomic mass is 16.5. The Bertz CT molecular complexity index is 467. The van der Waals surface area contributed by atoms with Crippen LogP contribution in [0.25, 0.3) is 0 Å². The van der Waals surface area contributed by atoms with Crippen molar-refractivity contribution in [2.24, 2.45) is 11.3 Å². The standard InChI is InChI=1S/C18H29NO2/c1-13(2)18(6,7)16(20)21-12-14-8-10-15(11-9-14)19-17(3,4)5/h8-11,13,19H,12H2,1-7H3. The molecule has 0 aliphatic rings. The molecule has 0 aromatic heterocycles. The summed E-state index contributed by atoms with van der Waals surface area (Å²) in [5.41, 5.74) is 1.66. The maximum Gasteiger partial charge on any atom is 0.312 e. The van der Waals surface area contributed by atoms with Crippen molar-refractivity contribution in [1.82, 2.24) is 0 Å². The lowest BCUT2D eigenvalue weighted by molar-refractivity contribution is -0.157. The van der Waals surface area contributed by atoms with Crippen molar-refractivity contribution in [3.8, 4) is 0 Å². The summed E-state index contributed by atoms with van der Waals surface area (Å²) in [6.07, 6.45) is 0. The lowest BCUT2D eigenvalue weighted by atomic mass is 9.81. The summed E-state index contributed by atoms with van der Waals surface area (Å²) in [6, 6.07) is 8.01. The van der Waals surface area contributed by atoms with Crippen LogP contribution in [-0.4, -0.2) is 11.5 Å². The molecule has 0 bridgehead atoms. The van der Waals surface area contributed by atoms with E-state index in [0.29, 0.717) is 6.61 Å². The van der Waals surface area contributed by atoms with E-state index >= 15 is 0 Å². The Hall–Kier alpha value is -1.51. The number of hydrogen-bond acceptors (Lipinski definition) is 3. The first-order chi connectivity index (χ1) is 9.52. The number of nitrogens with one attached hydrogen (secondary N) is 1. The van der Waals surface area contributed by atoms with E-state index in [4.69, 9.17) is 4.74 Å². The van der Waals surface area contributed by atoms with Crippen LogP contribution in [0.2, 0.25) is 0 Å². The van der Waals surface area contributed by atoms with E-state index < -0.39 is 5.41 Å². The van der Waals surface area contributed by atoms with Crippen molar-refractivity contribution in [3.63, 3.8) is 0 Å². The van der Waals surface area contributed by atoms with Crippen LogP contribution in [0.1, 0.15) is 54.0 Å². The zero-order chi connectivity index (χ0) is 16.3. The van der Waals surface area contributed by atoms with E-state index in [9.17, 15) is 4.79 Å². The first kappa shape index (κ1) is 17.5. The number of esters is 1. The van der Waals surface area contributed by atoms with E-state index in [1.807, 2.05) is 52.0 Å². The van der Waals surface area contributed by atoms with Crippen LogP contribution in [0.5, 0.6) is 0 Å². The summed E-state index contributed by atoms with van der Waals surface area (Å²) in [4.78, 5) is 12.1. The second kappa shape index (κ2) is 6.50. The summed E-state index contributed by atoms with van der Waals surface area (Å²) in [6.45, 7) is 14.6. The molecule has 118 valence electrons. The highest BCUT2D eigenvalue weighted by molar-refractivity contribution is 5.76. The lowest BCUT2D eigenvalue weighted by Gasteiger charge is -2.26. The van der Waals surface area contributed by atoms with Gasteiger partial charge in [0.2, 0.25) is 0 Å². The van der Waals surface area contributed by atoms with Gasteiger partial charge in [-0.15, -0.1) is 0 Å². The molecule has 3 heteroatoms. The molecule has 1 aromatic carbocycles. The van der Waals surface area contributed by atoms with Crippen LogP contribution in [0.4, 0.5) is 5.69 Å². The maximum atomic E-state index is 12.1. The average molecular weight is 291 g/mol. The Morgan fingerprint density at radius 3 is 2.05 bits per heavy atom. The van der Waals surface area contributed by atoms with Gasteiger partial charge in [-0.2, -0.15) is 0 Å². The first-order valence-corrected chi connectivity index (χ1v) is 7.57. The summed E-state index contributed by atoms with van der Waals surface area (Å²) in [7, 11) is 0. The fourth-order valence-electron chi connectivity index (χ4n) is 1.69. The highest BCUT2D eigenvalue weighted by Crippen LogP contribution is 2.28. The maximum absolute atomic E-state index is 12.1. The monoisotopic (exact) mass is 291 g/mol. The smallest absolute Gasteiger partial charge is 0.312 e. The third-order valence-corrected chi connectivity index (χ3v) is 3.81. The van der Waals surface area contributed by atoms with Crippen molar-refractivity contribution in [2.45, 2.75) is 60.6 Å². The molecule has 0 saturated carbocycles. The number of carbonyl (C=O) groups excluding carboxylic acids is 1. The fourth-order valence-corrected chi connectivity index (χ4v) is 1.69. The minimum atomic E-state index is -0.451. The summed E-state index contributed by atoms with van der Waals surface area (Å²) in [5, 5.41) is 3.40. The molecule has 0 fully saturated rings. The van der Waals surface area contributed by atoms with Crippen LogP contribution in [-0.2, 0) is 16.1 Å². The van der Waals surface area contributed by atoms with Gasteiger partial charge < -0.3 is 10.1 Å². The topological polar surface area (TPSA) is 38.3 Å². The van der Waals surface area contributed by atoms with Crippen LogP contribution in [0, 0.1) is 11.3 Å². The fraction of sp³-hybridized carbons (Fsp3) is 0.611. The Morgan fingerprint density at radius 1 is 1.10 bits per heavy atom. The largest absolute Gasteiger partial charge is 0.460 e. The predicted octanol–water partition coefficient (Wildman–Crippen LogP) is 4.62. The summed E-state index contributed by atoms with van der Waals surface area (Å²) < 4.78 is 5.44. The van der Waals surface area contributed by atoms with E-state index in [2.05, 4.69) is 26.1 Å². The normalized spacial score (nSPS) is 12.4. The number of hydrogen-bond donors (Lipinski definition) is 1. The van der Waals surface area contributed by atoms with E-state index in [0.717, 1.165) is 11.3 Å². The van der Waals surface area contributed by atoms with Crippen molar-refractivity contribution in [3.05, 3.63) is 29.8 Å². The molecule has 0 amide bonds. The average Bonchev–Trinajstić information content (AvgIpc) is 2.35. The molecule has 0 radical (unpaired) electrons. The van der Waals surface area contributed by atoms with Crippen LogP contribution < -0.4 is 5.32 Å². The minimum absolute atomic E-state index is 0.0370. The van der Waals surface area contributed by atoms with E-state index in [1.54, 1.807) is 0 Å². The number of benzene rings is 1. The Labute approximate surface area is 129 Å². The Kier molecular flexibility index (Phi) is 5.43. The van der Waals surface area contributed by atoms with Gasteiger partial charge in [-0.3, -0.25) is 4.79 Å². The predicted molar refractivity (Wildman–Crippen MR) is 88.2 cm³/mol.